The quantitative estimate of drug-likeness (QED) is 0.345. The molecule has 4 heterocycles. The number of Topliss-reactive ketones (excluding diaryl/α,β-unsaturated/α-hetero) is 1. The van der Waals surface area contributed by atoms with E-state index < -0.39 is 6.04 Å². The van der Waals surface area contributed by atoms with E-state index in [0.717, 1.165) is 28.6 Å². The molecule has 1 aliphatic carbocycles. The molecule has 2 aliphatic rings. The summed E-state index contributed by atoms with van der Waals surface area (Å²) >= 11 is 0. The molecule has 1 unspecified atom stereocenters. The Morgan fingerprint density at radius 1 is 1.12 bits per heavy atom. The number of aryl methyl sites for hydroxylation is 2. The minimum Gasteiger partial charge on any atom is -0.346 e. The van der Waals surface area contributed by atoms with E-state index >= 15 is 0 Å². The molecule has 1 N–H and O–H groups in total. The van der Waals surface area contributed by atoms with Crippen molar-refractivity contribution in [2.45, 2.75) is 72.1 Å². The van der Waals surface area contributed by atoms with Crippen molar-refractivity contribution in [3.05, 3.63) is 65.6 Å². The molecule has 11 heteroatoms. The van der Waals surface area contributed by atoms with Crippen molar-refractivity contribution in [3.63, 3.8) is 0 Å². The first kappa shape index (κ1) is 26.7. The number of benzene rings is 1. The number of rotatable bonds is 7. The van der Waals surface area contributed by atoms with E-state index in [1.807, 2.05) is 39.0 Å². The summed E-state index contributed by atoms with van der Waals surface area (Å²) in [5.74, 6) is 0.0783. The number of aromatic nitrogens is 6. The van der Waals surface area contributed by atoms with Crippen LogP contribution in [0.5, 0.6) is 0 Å². The van der Waals surface area contributed by atoms with Gasteiger partial charge in [0.25, 0.3) is 0 Å². The molecule has 2 fully saturated rings. The molecule has 41 heavy (non-hydrogen) atoms. The van der Waals surface area contributed by atoms with E-state index in [1.165, 1.54) is 6.92 Å². The van der Waals surface area contributed by atoms with Gasteiger partial charge in [0.05, 0.1) is 17.3 Å². The van der Waals surface area contributed by atoms with E-state index in [-0.39, 0.29) is 41.6 Å². The number of fused-ring (bicyclic) bond motifs is 2. The smallest absolute Gasteiger partial charge is 0.245 e. The number of carbonyl (C=O) groups is 3. The number of nitrogens with zero attached hydrogens (tertiary/aromatic N) is 7. The molecule has 0 bridgehead atoms. The summed E-state index contributed by atoms with van der Waals surface area (Å²) in [7, 11) is 0. The van der Waals surface area contributed by atoms with Gasteiger partial charge in [-0.3, -0.25) is 19.1 Å². The van der Waals surface area contributed by atoms with Gasteiger partial charge in [0.2, 0.25) is 11.8 Å². The second-order valence-electron chi connectivity index (χ2n) is 11.5. The largest absolute Gasteiger partial charge is 0.346 e. The molecule has 3 aromatic heterocycles. The lowest BCUT2D eigenvalue weighted by molar-refractivity contribution is -0.140. The molecule has 1 saturated carbocycles. The van der Waals surface area contributed by atoms with Crippen LogP contribution in [0.3, 0.4) is 0 Å². The first-order valence-electron chi connectivity index (χ1n) is 13.8. The summed E-state index contributed by atoms with van der Waals surface area (Å²) < 4.78 is 1.61. The van der Waals surface area contributed by atoms with Crippen LogP contribution in [0.2, 0.25) is 0 Å². The molecule has 210 valence electrons. The van der Waals surface area contributed by atoms with E-state index in [9.17, 15) is 14.4 Å². The van der Waals surface area contributed by atoms with Crippen molar-refractivity contribution < 1.29 is 14.4 Å². The molecule has 1 aliphatic heterocycles. The first-order valence-corrected chi connectivity index (χ1v) is 13.8. The number of piperidine rings is 1. The second-order valence-corrected chi connectivity index (χ2v) is 11.5. The van der Waals surface area contributed by atoms with Gasteiger partial charge in [0.15, 0.2) is 5.78 Å². The summed E-state index contributed by atoms with van der Waals surface area (Å²) in [6.07, 6.45) is 6.55. The lowest BCUT2D eigenvalue weighted by atomic mass is 10.0. The lowest BCUT2D eigenvalue weighted by Gasteiger charge is -2.28. The molecular weight excluding hydrogens is 520 g/mol. The Labute approximate surface area is 237 Å². The highest BCUT2D eigenvalue weighted by Crippen LogP contribution is 2.59. The molecular formula is C30H32N8O3. The number of ketones is 1. The third kappa shape index (κ3) is 4.75. The van der Waals surface area contributed by atoms with Gasteiger partial charge in [-0.25, -0.2) is 9.97 Å². The molecule has 6 rings (SSSR count). The van der Waals surface area contributed by atoms with Gasteiger partial charge >= 0.3 is 0 Å². The summed E-state index contributed by atoms with van der Waals surface area (Å²) in [5.41, 5.74) is 4.16. The zero-order valence-corrected chi connectivity index (χ0v) is 23.8. The zero-order chi connectivity index (χ0) is 29.1. The minimum absolute atomic E-state index is 0.000846. The molecule has 0 radical (unpaired) electrons. The van der Waals surface area contributed by atoms with Gasteiger partial charge in [-0.1, -0.05) is 6.92 Å². The van der Waals surface area contributed by atoms with E-state index in [1.54, 1.807) is 34.2 Å². The Hall–Kier alpha value is -4.54. The number of carbonyl (C=O) groups excluding carboxylic acids is 3. The van der Waals surface area contributed by atoms with Crippen molar-refractivity contribution in [3.8, 4) is 11.1 Å². The van der Waals surface area contributed by atoms with Crippen molar-refractivity contribution in [1.29, 1.82) is 0 Å². The highest BCUT2D eigenvalue weighted by atomic mass is 16.2. The molecule has 11 nitrogen and oxygen atoms in total. The predicted molar refractivity (Wildman–Crippen MR) is 151 cm³/mol. The van der Waals surface area contributed by atoms with E-state index in [4.69, 9.17) is 0 Å². The van der Waals surface area contributed by atoms with Gasteiger partial charge in [-0.05, 0) is 74.4 Å². The zero-order valence-electron chi connectivity index (χ0n) is 23.8. The summed E-state index contributed by atoms with van der Waals surface area (Å²) in [6.45, 7) is 9.13. The lowest BCUT2D eigenvalue weighted by Crippen LogP contribution is -2.49. The van der Waals surface area contributed by atoms with Crippen LogP contribution in [-0.2, 0) is 16.1 Å². The van der Waals surface area contributed by atoms with Crippen LogP contribution in [0, 0.1) is 19.3 Å². The van der Waals surface area contributed by atoms with Crippen LogP contribution >= 0.6 is 0 Å². The summed E-state index contributed by atoms with van der Waals surface area (Å²) in [6, 6.07) is 6.54. The van der Waals surface area contributed by atoms with Gasteiger partial charge in [-0.15, -0.1) is 0 Å². The average molecular weight is 553 g/mol. The maximum absolute atomic E-state index is 13.9. The predicted octanol–water partition coefficient (Wildman–Crippen LogP) is 3.36. The molecule has 0 spiro atoms. The van der Waals surface area contributed by atoms with E-state index in [2.05, 4.69) is 37.5 Å². The number of hydrogen-bond donors (Lipinski definition) is 1. The van der Waals surface area contributed by atoms with Crippen LogP contribution < -0.4 is 5.32 Å². The highest BCUT2D eigenvalue weighted by molar-refractivity contribution is 6.07. The van der Waals surface area contributed by atoms with Crippen molar-refractivity contribution >= 4 is 28.5 Å². The fourth-order valence-corrected chi connectivity index (χ4v) is 6.11. The monoisotopic (exact) mass is 552 g/mol. The van der Waals surface area contributed by atoms with Crippen LogP contribution in [0.15, 0.2) is 42.9 Å². The number of nitrogens with one attached hydrogen (secondary N) is 1. The minimum atomic E-state index is -0.589. The number of amides is 2. The van der Waals surface area contributed by atoms with Gasteiger partial charge < -0.3 is 10.2 Å². The topological polar surface area (TPSA) is 136 Å². The number of hydrogen-bond acceptors (Lipinski definition) is 8. The molecule has 4 aromatic rings. The van der Waals surface area contributed by atoms with E-state index in [0.29, 0.717) is 29.0 Å². The maximum Gasteiger partial charge on any atom is 0.245 e. The van der Waals surface area contributed by atoms with Crippen molar-refractivity contribution in [2.24, 2.45) is 5.41 Å². The Kier molecular flexibility index (Phi) is 6.39. The highest BCUT2D eigenvalue weighted by Gasteiger charge is 2.64. The Morgan fingerprint density at radius 3 is 2.56 bits per heavy atom. The molecule has 1 saturated heterocycles. The van der Waals surface area contributed by atoms with Crippen LogP contribution in [0.4, 0.5) is 0 Å². The standard InChI is InChI=1S/C30H32N8O3/c1-16-9-20(21-13-31-19(4)32-14-21)10-22-27(18(3)39)36-37(28(16)22)15-26(40)38-24(11-30(5)12-25(30)38)29(41)34-17(2)23-7-6-8-33-35-23/h6-10,13-14,17,24-25H,11-12,15H2,1-5H3,(H,34,41)/t17?,24-,25+,30-/m0/s1. The Bertz CT molecular complexity index is 1680. The second kappa shape index (κ2) is 9.83. The first-order chi connectivity index (χ1) is 19.6. The van der Waals surface area contributed by atoms with Crippen LogP contribution in [0.1, 0.15) is 67.2 Å². The van der Waals surface area contributed by atoms with Crippen molar-refractivity contribution in [1.82, 2.24) is 40.2 Å². The molecule has 1 aromatic carbocycles. The third-order valence-electron chi connectivity index (χ3n) is 8.39. The molecule has 4 atom stereocenters. The van der Waals surface area contributed by atoms with Gasteiger partial charge in [-0.2, -0.15) is 15.3 Å². The number of likely N-dealkylation sites (tertiary alicyclic amines) is 1. The van der Waals surface area contributed by atoms with Crippen LogP contribution in [0.25, 0.3) is 22.0 Å². The van der Waals surface area contributed by atoms with Crippen LogP contribution in [-0.4, -0.2) is 64.5 Å². The van der Waals surface area contributed by atoms with Gasteiger partial charge in [0, 0.05) is 42.5 Å². The summed E-state index contributed by atoms with van der Waals surface area (Å²) in [4.78, 5) is 50.3. The summed E-state index contributed by atoms with van der Waals surface area (Å²) in [5, 5.41) is 16.3. The normalized spacial score (nSPS) is 21.9. The fourth-order valence-electron chi connectivity index (χ4n) is 6.11. The molecule has 2 amide bonds. The Balaban J connectivity index is 1.29. The SMILES string of the molecule is CC(=O)c1nn(CC(=O)N2[C@H](C(=O)NC(C)c3cccnn3)C[C@@]3(C)C[C@@H]23)c2c(C)cc(-c3cnc(C)nc3)cc12. The fraction of sp³-hybridized carbons (Fsp3) is 0.400. The van der Waals surface area contributed by atoms with Gasteiger partial charge in [0.1, 0.15) is 24.1 Å². The maximum atomic E-state index is 13.9. The average Bonchev–Trinajstić information content (AvgIpc) is 3.30. The Morgan fingerprint density at radius 2 is 1.88 bits per heavy atom. The van der Waals surface area contributed by atoms with Crippen molar-refractivity contribution in [2.75, 3.05) is 0 Å². The third-order valence-corrected chi connectivity index (χ3v) is 8.39.